The third-order valence-corrected chi connectivity index (χ3v) is 7.21. The molecule has 0 bridgehead atoms. The Bertz CT molecular complexity index is 1290. The number of carbonyl (C=O) groups is 1. The van der Waals surface area contributed by atoms with Gasteiger partial charge in [0, 0.05) is 32.7 Å². The molecule has 2 N–H and O–H groups in total. The SMILES string of the molecule is Cc1ccc(S(=O)(=O)Nc2cc(C(=O)O)ccc2N2CCN(Cc3cccc(F)c3)CC2)cc1. The fraction of sp³-hybridized carbons (Fsp3) is 0.240. The summed E-state index contributed by atoms with van der Waals surface area (Å²) in [4.78, 5) is 15.9. The van der Waals surface area contributed by atoms with Crippen molar-refractivity contribution in [3.05, 3.63) is 89.2 Å². The van der Waals surface area contributed by atoms with Crippen molar-refractivity contribution in [3.63, 3.8) is 0 Å². The molecule has 0 unspecified atom stereocenters. The van der Waals surface area contributed by atoms with Crippen LogP contribution in [0.2, 0.25) is 0 Å². The Morgan fingerprint density at radius 1 is 1.00 bits per heavy atom. The summed E-state index contributed by atoms with van der Waals surface area (Å²) in [6, 6.07) is 17.4. The highest BCUT2D eigenvalue weighted by atomic mass is 32.2. The first-order valence-corrected chi connectivity index (χ1v) is 12.4. The van der Waals surface area contributed by atoms with E-state index in [4.69, 9.17) is 0 Å². The molecule has 0 atom stereocenters. The molecule has 0 aliphatic carbocycles. The van der Waals surface area contributed by atoms with E-state index >= 15 is 0 Å². The first-order chi connectivity index (χ1) is 16.2. The fourth-order valence-corrected chi connectivity index (χ4v) is 5.05. The van der Waals surface area contributed by atoms with Gasteiger partial charge in [-0.15, -0.1) is 0 Å². The zero-order chi connectivity index (χ0) is 24.3. The topological polar surface area (TPSA) is 89.9 Å². The molecule has 1 heterocycles. The van der Waals surface area contributed by atoms with Gasteiger partial charge in [-0.1, -0.05) is 29.8 Å². The van der Waals surface area contributed by atoms with E-state index in [9.17, 15) is 22.7 Å². The summed E-state index contributed by atoms with van der Waals surface area (Å²) < 4.78 is 42.1. The average Bonchev–Trinajstić information content (AvgIpc) is 2.80. The van der Waals surface area contributed by atoms with E-state index in [0.29, 0.717) is 38.4 Å². The summed E-state index contributed by atoms with van der Waals surface area (Å²) in [6.45, 7) is 5.10. The monoisotopic (exact) mass is 483 g/mol. The van der Waals surface area contributed by atoms with Crippen molar-refractivity contribution in [1.82, 2.24) is 4.90 Å². The number of hydrogen-bond donors (Lipinski definition) is 2. The summed E-state index contributed by atoms with van der Waals surface area (Å²) in [5, 5.41) is 9.43. The van der Waals surface area contributed by atoms with Crippen LogP contribution in [0.4, 0.5) is 15.8 Å². The minimum atomic E-state index is -3.90. The number of aromatic carboxylic acids is 1. The van der Waals surface area contributed by atoms with Crippen molar-refractivity contribution in [2.24, 2.45) is 0 Å². The number of benzene rings is 3. The zero-order valence-corrected chi connectivity index (χ0v) is 19.6. The number of rotatable bonds is 7. The van der Waals surface area contributed by atoms with Crippen LogP contribution in [-0.2, 0) is 16.6 Å². The van der Waals surface area contributed by atoms with Crippen molar-refractivity contribution in [2.75, 3.05) is 35.8 Å². The van der Waals surface area contributed by atoms with Crippen LogP contribution >= 0.6 is 0 Å². The van der Waals surface area contributed by atoms with Gasteiger partial charge in [0.1, 0.15) is 5.82 Å². The van der Waals surface area contributed by atoms with Crippen LogP contribution < -0.4 is 9.62 Å². The number of anilines is 2. The quantitative estimate of drug-likeness (QED) is 0.529. The van der Waals surface area contributed by atoms with Gasteiger partial charge in [0.15, 0.2) is 0 Å². The molecule has 3 aromatic rings. The summed E-state index contributed by atoms with van der Waals surface area (Å²) in [7, 11) is -3.90. The predicted molar refractivity (Wildman–Crippen MR) is 129 cm³/mol. The highest BCUT2D eigenvalue weighted by molar-refractivity contribution is 7.92. The van der Waals surface area contributed by atoms with Crippen LogP contribution in [0.5, 0.6) is 0 Å². The lowest BCUT2D eigenvalue weighted by atomic mass is 10.1. The largest absolute Gasteiger partial charge is 0.478 e. The van der Waals surface area contributed by atoms with Crippen LogP contribution in [0.1, 0.15) is 21.5 Å². The van der Waals surface area contributed by atoms with E-state index in [0.717, 1.165) is 11.1 Å². The minimum absolute atomic E-state index is 0.00454. The van der Waals surface area contributed by atoms with E-state index in [1.807, 2.05) is 17.9 Å². The Morgan fingerprint density at radius 3 is 2.35 bits per heavy atom. The lowest BCUT2D eigenvalue weighted by molar-refractivity contribution is 0.0697. The number of halogens is 1. The lowest BCUT2D eigenvalue weighted by Crippen LogP contribution is -2.46. The second-order valence-electron chi connectivity index (χ2n) is 8.35. The Labute approximate surface area is 198 Å². The van der Waals surface area contributed by atoms with Crippen molar-refractivity contribution in [2.45, 2.75) is 18.4 Å². The average molecular weight is 484 g/mol. The molecule has 34 heavy (non-hydrogen) atoms. The normalized spacial score (nSPS) is 14.7. The van der Waals surface area contributed by atoms with Crippen LogP contribution in [0.3, 0.4) is 0 Å². The number of nitrogens with one attached hydrogen (secondary N) is 1. The molecule has 1 fully saturated rings. The first-order valence-electron chi connectivity index (χ1n) is 10.9. The molecule has 0 aromatic heterocycles. The molecule has 178 valence electrons. The van der Waals surface area contributed by atoms with Gasteiger partial charge in [-0.3, -0.25) is 9.62 Å². The Balaban J connectivity index is 1.54. The Hall–Kier alpha value is -3.43. The smallest absolute Gasteiger partial charge is 0.335 e. The van der Waals surface area contributed by atoms with Crippen molar-refractivity contribution in [1.29, 1.82) is 0 Å². The van der Waals surface area contributed by atoms with Crippen molar-refractivity contribution in [3.8, 4) is 0 Å². The van der Waals surface area contributed by atoms with E-state index in [1.165, 1.54) is 36.4 Å². The van der Waals surface area contributed by atoms with Crippen LogP contribution in [0.15, 0.2) is 71.6 Å². The highest BCUT2D eigenvalue weighted by Crippen LogP contribution is 2.31. The third-order valence-electron chi connectivity index (χ3n) is 5.83. The van der Waals surface area contributed by atoms with Gasteiger partial charge in [-0.2, -0.15) is 0 Å². The van der Waals surface area contributed by atoms with Crippen LogP contribution in [-0.4, -0.2) is 50.6 Å². The molecule has 4 rings (SSSR count). The zero-order valence-electron chi connectivity index (χ0n) is 18.7. The highest BCUT2D eigenvalue weighted by Gasteiger charge is 2.23. The van der Waals surface area contributed by atoms with Gasteiger partial charge in [0.25, 0.3) is 10.0 Å². The van der Waals surface area contributed by atoms with Gasteiger partial charge < -0.3 is 10.0 Å². The number of sulfonamides is 1. The van der Waals surface area contributed by atoms with Gasteiger partial charge in [0.05, 0.1) is 21.8 Å². The molecule has 1 aliphatic heterocycles. The van der Waals surface area contributed by atoms with Gasteiger partial charge in [-0.25, -0.2) is 17.6 Å². The summed E-state index contributed by atoms with van der Waals surface area (Å²) >= 11 is 0. The van der Waals surface area contributed by atoms with Gasteiger partial charge in [-0.05, 0) is 55.0 Å². The standard InChI is InChI=1S/C25H26FN3O4S/c1-18-5-8-22(9-6-18)34(32,33)27-23-16-20(25(30)31)7-10-24(23)29-13-11-28(12-14-29)17-19-3-2-4-21(26)15-19/h2-10,15-16,27H,11-14,17H2,1H3,(H,30,31). The first kappa shape index (κ1) is 23.7. The van der Waals surface area contributed by atoms with Gasteiger partial charge >= 0.3 is 5.97 Å². The second kappa shape index (κ2) is 9.82. The molecule has 0 amide bonds. The third kappa shape index (κ3) is 5.55. The molecule has 0 spiro atoms. The lowest BCUT2D eigenvalue weighted by Gasteiger charge is -2.37. The fourth-order valence-electron chi connectivity index (χ4n) is 3.99. The summed E-state index contributed by atoms with van der Waals surface area (Å²) in [5.41, 5.74) is 2.66. The van der Waals surface area contributed by atoms with Gasteiger partial charge in [0.2, 0.25) is 0 Å². The van der Waals surface area contributed by atoms with Crippen molar-refractivity contribution >= 4 is 27.4 Å². The predicted octanol–water partition coefficient (Wildman–Crippen LogP) is 3.96. The Morgan fingerprint density at radius 2 is 1.71 bits per heavy atom. The van der Waals surface area contributed by atoms with Crippen LogP contribution in [0, 0.1) is 12.7 Å². The summed E-state index contributed by atoms with van der Waals surface area (Å²) in [5.74, 6) is -1.40. The maximum atomic E-state index is 13.5. The number of aryl methyl sites for hydroxylation is 1. The number of carboxylic acids is 1. The van der Waals surface area contributed by atoms with E-state index in [1.54, 1.807) is 24.3 Å². The minimum Gasteiger partial charge on any atom is -0.478 e. The molecule has 0 radical (unpaired) electrons. The maximum Gasteiger partial charge on any atom is 0.335 e. The number of nitrogens with zero attached hydrogens (tertiary/aromatic N) is 2. The molecule has 9 heteroatoms. The van der Waals surface area contributed by atoms with E-state index in [-0.39, 0.29) is 22.0 Å². The second-order valence-corrected chi connectivity index (χ2v) is 10.0. The molecule has 3 aromatic carbocycles. The van der Waals surface area contributed by atoms with E-state index in [2.05, 4.69) is 9.62 Å². The molecule has 0 saturated carbocycles. The number of carboxylic acid groups (broad SMARTS) is 1. The van der Waals surface area contributed by atoms with Crippen molar-refractivity contribution < 1.29 is 22.7 Å². The summed E-state index contributed by atoms with van der Waals surface area (Å²) in [6.07, 6.45) is 0. The number of piperazine rings is 1. The van der Waals surface area contributed by atoms with E-state index < -0.39 is 16.0 Å². The molecule has 1 aliphatic rings. The molecule has 1 saturated heterocycles. The Kier molecular flexibility index (Phi) is 6.85. The molecule has 7 nitrogen and oxygen atoms in total. The number of hydrogen-bond acceptors (Lipinski definition) is 5. The maximum absolute atomic E-state index is 13.5. The molecular weight excluding hydrogens is 457 g/mol. The molecular formula is C25H26FN3O4S. The van der Waals surface area contributed by atoms with Crippen LogP contribution in [0.25, 0.3) is 0 Å².